The first-order valence-corrected chi connectivity index (χ1v) is 9.96. The second kappa shape index (κ2) is 9.60. The molecule has 0 spiro atoms. The van der Waals surface area contributed by atoms with Crippen LogP contribution in [0.4, 0.5) is 0 Å². The third kappa shape index (κ3) is 5.28. The Labute approximate surface area is 175 Å². The predicted octanol–water partition coefficient (Wildman–Crippen LogP) is 2.63. The smallest absolute Gasteiger partial charge is 0.335 e. The fraction of sp³-hybridized carbons (Fsp3) is 0.364. The Bertz CT molecular complexity index is 1030. The normalized spacial score (nSPS) is 12.1. The number of nitrogens with zero attached hydrogens (tertiary/aromatic N) is 4. The summed E-state index contributed by atoms with van der Waals surface area (Å²) in [6.07, 6.45) is 0.236. The Morgan fingerprint density at radius 2 is 1.93 bits per heavy atom. The van der Waals surface area contributed by atoms with Gasteiger partial charge in [0.2, 0.25) is 0 Å². The number of carboxylic acid groups (broad SMARTS) is 1. The molecule has 0 radical (unpaired) electrons. The Morgan fingerprint density at radius 3 is 2.63 bits per heavy atom. The van der Waals surface area contributed by atoms with E-state index in [-0.39, 0.29) is 5.56 Å². The average molecular weight is 409 g/mol. The SMILES string of the molecule is CCc1nnc(CNCc2cc(C(=O)O)cc(C)n2)n1Cc1cccc(C(C)O)c1. The third-order valence-corrected chi connectivity index (χ3v) is 4.84. The van der Waals surface area contributed by atoms with Crippen LogP contribution in [-0.2, 0) is 26.1 Å². The van der Waals surface area contributed by atoms with Crippen LogP contribution in [-0.4, -0.2) is 35.9 Å². The van der Waals surface area contributed by atoms with Gasteiger partial charge in [-0.1, -0.05) is 31.2 Å². The minimum atomic E-state index is -0.964. The van der Waals surface area contributed by atoms with Crippen molar-refractivity contribution in [1.82, 2.24) is 25.1 Å². The molecule has 1 aromatic carbocycles. The number of hydrogen-bond donors (Lipinski definition) is 3. The van der Waals surface area contributed by atoms with E-state index in [2.05, 4.69) is 25.1 Å². The van der Waals surface area contributed by atoms with Crippen molar-refractivity contribution in [3.05, 3.63) is 76.1 Å². The lowest BCUT2D eigenvalue weighted by Gasteiger charge is -2.12. The van der Waals surface area contributed by atoms with Gasteiger partial charge in [-0.15, -0.1) is 10.2 Å². The molecule has 0 fully saturated rings. The number of aromatic nitrogens is 4. The van der Waals surface area contributed by atoms with Gasteiger partial charge in [-0.25, -0.2) is 4.79 Å². The molecule has 1 atom stereocenters. The van der Waals surface area contributed by atoms with Gasteiger partial charge in [0.25, 0.3) is 0 Å². The van der Waals surface area contributed by atoms with Crippen LogP contribution in [0.15, 0.2) is 36.4 Å². The molecule has 0 aliphatic carbocycles. The second-order valence-electron chi connectivity index (χ2n) is 7.29. The van der Waals surface area contributed by atoms with Crippen molar-refractivity contribution in [3.63, 3.8) is 0 Å². The highest BCUT2D eigenvalue weighted by atomic mass is 16.4. The standard InChI is InChI=1S/C22H27N5O3/c1-4-20-25-26-21(27(20)13-16-6-5-7-17(9-16)15(3)28)12-23-11-19-10-18(22(29)30)8-14(2)24-19/h5-10,15,23,28H,4,11-13H2,1-3H3,(H,29,30). The number of aromatic carboxylic acids is 1. The summed E-state index contributed by atoms with van der Waals surface area (Å²) in [5.41, 5.74) is 3.50. The zero-order chi connectivity index (χ0) is 21.7. The van der Waals surface area contributed by atoms with E-state index in [1.807, 2.05) is 31.2 Å². The maximum absolute atomic E-state index is 11.2. The van der Waals surface area contributed by atoms with E-state index in [0.717, 1.165) is 29.2 Å². The summed E-state index contributed by atoms with van der Waals surface area (Å²) < 4.78 is 2.07. The van der Waals surface area contributed by atoms with E-state index in [0.29, 0.717) is 31.0 Å². The number of aliphatic hydroxyl groups excluding tert-OH is 1. The van der Waals surface area contributed by atoms with Crippen molar-refractivity contribution < 1.29 is 15.0 Å². The molecule has 0 amide bonds. The minimum Gasteiger partial charge on any atom is -0.478 e. The summed E-state index contributed by atoms with van der Waals surface area (Å²) in [5, 5.41) is 31.0. The first-order chi connectivity index (χ1) is 14.4. The summed E-state index contributed by atoms with van der Waals surface area (Å²) in [6.45, 7) is 7.07. The summed E-state index contributed by atoms with van der Waals surface area (Å²) in [5.74, 6) is 0.713. The molecule has 3 aromatic rings. The van der Waals surface area contributed by atoms with Gasteiger partial charge >= 0.3 is 5.97 Å². The number of rotatable bonds is 9. The molecule has 0 saturated heterocycles. The van der Waals surface area contributed by atoms with Crippen molar-refractivity contribution in [1.29, 1.82) is 0 Å². The third-order valence-electron chi connectivity index (χ3n) is 4.84. The highest BCUT2D eigenvalue weighted by Gasteiger charge is 2.13. The summed E-state index contributed by atoms with van der Waals surface area (Å²) in [4.78, 5) is 15.6. The second-order valence-corrected chi connectivity index (χ2v) is 7.29. The molecule has 0 saturated carbocycles. The number of hydrogen-bond acceptors (Lipinski definition) is 6. The molecule has 8 heteroatoms. The molecular weight excluding hydrogens is 382 g/mol. The van der Waals surface area contributed by atoms with Gasteiger partial charge in [-0.3, -0.25) is 4.98 Å². The number of benzene rings is 1. The van der Waals surface area contributed by atoms with Crippen LogP contribution in [0.3, 0.4) is 0 Å². The maximum Gasteiger partial charge on any atom is 0.335 e. The van der Waals surface area contributed by atoms with Gasteiger partial charge in [0, 0.05) is 18.7 Å². The number of aryl methyl sites for hydroxylation is 2. The summed E-state index contributed by atoms with van der Waals surface area (Å²) >= 11 is 0. The molecule has 0 bridgehead atoms. The van der Waals surface area contributed by atoms with Gasteiger partial charge in [0.1, 0.15) is 11.6 Å². The van der Waals surface area contributed by atoms with Gasteiger partial charge in [-0.2, -0.15) is 0 Å². The topological polar surface area (TPSA) is 113 Å². The van der Waals surface area contributed by atoms with Gasteiger partial charge in [0.05, 0.1) is 30.5 Å². The number of pyridine rings is 1. The molecule has 30 heavy (non-hydrogen) atoms. The lowest BCUT2D eigenvalue weighted by Crippen LogP contribution is -2.19. The van der Waals surface area contributed by atoms with Crippen LogP contribution in [0.1, 0.15) is 64.5 Å². The fourth-order valence-corrected chi connectivity index (χ4v) is 3.33. The molecule has 8 nitrogen and oxygen atoms in total. The largest absolute Gasteiger partial charge is 0.478 e. The highest BCUT2D eigenvalue weighted by molar-refractivity contribution is 5.87. The van der Waals surface area contributed by atoms with Crippen molar-refractivity contribution in [2.24, 2.45) is 0 Å². The molecule has 3 rings (SSSR count). The van der Waals surface area contributed by atoms with Crippen LogP contribution in [0, 0.1) is 6.92 Å². The van der Waals surface area contributed by atoms with Gasteiger partial charge in [0.15, 0.2) is 0 Å². The number of carbonyl (C=O) groups is 1. The molecule has 2 aromatic heterocycles. The molecule has 2 heterocycles. The van der Waals surface area contributed by atoms with Crippen LogP contribution in [0.25, 0.3) is 0 Å². The van der Waals surface area contributed by atoms with E-state index in [9.17, 15) is 15.0 Å². The van der Waals surface area contributed by atoms with E-state index in [1.165, 1.54) is 0 Å². The zero-order valence-electron chi connectivity index (χ0n) is 17.5. The van der Waals surface area contributed by atoms with E-state index in [1.54, 1.807) is 26.0 Å². The van der Waals surface area contributed by atoms with Gasteiger partial charge in [-0.05, 0) is 37.1 Å². The maximum atomic E-state index is 11.2. The van der Waals surface area contributed by atoms with Gasteiger partial charge < -0.3 is 20.1 Å². The molecule has 158 valence electrons. The van der Waals surface area contributed by atoms with E-state index < -0.39 is 12.1 Å². The molecular formula is C22H27N5O3. The average Bonchev–Trinajstić information content (AvgIpc) is 3.09. The Hall–Kier alpha value is -3.10. The number of nitrogens with one attached hydrogen (secondary N) is 1. The fourth-order valence-electron chi connectivity index (χ4n) is 3.33. The van der Waals surface area contributed by atoms with Crippen molar-refractivity contribution in [2.75, 3.05) is 0 Å². The first kappa shape index (κ1) is 21.6. The van der Waals surface area contributed by atoms with Crippen LogP contribution >= 0.6 is 0 Å². The van der Waals surface area contributed by atoms with Crippen molar-refractivity contribution in [3.8, 4) is 0 Å². The minimum absolute atomic E-state index is 0.230. The highest BCUT2D eigenvalue weighted by Crippen LogP contribution is 2.16. The Balaban J connectivity index is 1.73. The molecule has 0 aliphatic heterocycles. The first-order valence-electron chi connectivity index (χ1n) is 9.96. The molecule has 0 aliphatic rings. The number of aliphatic hydroxyl groups is 1. The van der Waals surface area contributed by atoms with Crippen molar-refractivity contribution in [2.45, 2.75) is 52.9 Å². The lowest BCUT2D eigenvalue weighted by molar-refractivity contribution is 0.0696. The summed E-state index contributed by atoms with van der Waals surface area (Å²) in [6, 6.07) is 11.0. The quantitative estimate of drug-likeness (QED) is 0.498. The molecule has 1 unspecified atom stereocenters. The van der Waals surface area contributed by atoms with Crippen LogP contribution in [0.5, 0.6) is 0 Å². The monoisotopic (exact) mass is 409 g/mol. The lowest BCUT2D eigenvalue weighted by atomic mass is 10.1. The van der Waals surface area contributed by atoms with E-state index in [4.69, 9.17) is 0 Å². The zero-order valence-corrected chi connectivity index (χ0v) is 17.5. The van der Waals surface area contributed by atoms with Crippen LogP contribution in [0.2, 0.25) is 0 Å². The Morgan fingerprint density at radius 1 is 1.17 bits per heavy atom. The summed E-state index contributed by atoms with van der Waals surface area (Å²) in [7, 11) is 0. The van der Waals surface area contributed by atoms with Crippen LogP contribution < -0.4 is 5.32 Å². The van der Waals surface area contributed by atoms with E-state index >= 15 is 0 Å². The Kier molecular flexibility index (Phi) is 6.91. The molecule has 3 N–H and O–H groups in total. The number of carboxylic acids is 1. The predicted molar refractivity (Wildman–Crippen MR) is 112 cm³/mol. The van der Waals surface area contributed by atoms with Crippen molar-refractivity contribution >= 4 is 5.97 Å².